The van der Waals surface area contributed by atoms with Crippen LogP contribution in [0.3, 0.4) is 0 Å². The van der Waals surface area contributed by atoms with Crippen LogP contribution in [-0.4, -0.2) is 9.55 Å². The topological polar surface area (TPSA) is 29.9 Å². The molecule has 3 heterocycles. The second-order valence-electron chi connectivity index (χ2n) is 3.19. The number of imidazole rings is 1. The number of nitrogens with zero attached hydrogens (tertiary/aromatic N) is 2. The molecule has 0 saturated heterocycles. The summed E-state index contributed by atoms with van der Waals surface area (Å²) in [4.78, 5) is 4.16. The van der Waals surface area contributed by atoms with Gasteiger partial charge in [-0.25, -0.2) is 4.98 Å². The maximum atomic E-state index is 4.16. The molecule has 0 aromatic carbocycles. The molecule has 0 radical (unpaired) electrons. The number of nitrogens with one attached hydrogen (secondary N) is 1. The molecule has 66 valence electrons. The van der Waals surface area contributed by atoms with Crippen molar-refractivity contribution in [3.63, 3.8) is 0 Å². The highest BCUT2D eigenvalue weighted by molar-refractivity contribution is 7.14. The summed E-state index contributed by atoms with van der Waals surface area (Å²) >= 11 is 1.74. The van der Waals surface area contributed by atoms with Gasteiger partial charge in [-0.05, 0) is 18.4 Å². The minimum absolute atomic E-state index is 0.355. The monoisotopic (exact) mass is 191 g/mol. The minimum atomic E-state index is 0.355. The first-order chi connectivity index (χ1) is 6.36. The Bertz CT molecular complexity index is 443. The quantitative estimate of drug-likeness (QED) is 0.693. The van der Waals surface area contributed by atoms with Gasteiger partial charge >= 0.3 is 0 Å². The van der Waals surface area contributed by atoms with Crippen LogP contribution >= 0.6 is 11.3 Å². The maximum absolute atomic E-state index is 4.16. The highest BCUT2D eigenvalue weighted by Gasteiger charge is 2.21. The number of rotatable bonds is 0. The predicted molar refractivity (Wildman–Crippen MR) is 53.5 cm³/mol. The highest BCUT2D eigenvalue weighted by Crippen LogP contribution is 2.36. The Morgan fingerprint density at radius 1 is 1.62 bits per heavy atom. The lowest BCUT2D eigenvalue weighted by Crippen LogP contribution is -2.16. The lowest BCUT2D eigenvalue weighted by molar-refractivity contribution is 0.780. The molecule has 1 atom stereocenters. The van der Waals surface area contributed by atoms with E-state index >= 15 is 0 Å². The third-order valence-electron chi connectivity index (χ3n) is 2.36. The number of anilines is 1. The van der Waals surface area contributed by atoms with Gasteiger partial charge in [0.25, 0.3) is 0 Å². The van der Waals surface area contributed by atoms with Crippen molar-refractivity contribution in [2.24, 2.45) is 0 Å². The minimum Gasteiger partial charge on any atom is -0.367 e. The van der Waals surface area contributed by atoms with Gasteiger partial charge in [0, 0.05) is 0 Å². The Morgan fingerprint density at radius 2 is 2.54 bits per heavy atom. The molecule has 1 aliphatic heterocycles. The van der Waals surface area contributed by atoms with Crippen LogP contribution in [0, 0.1) is 0 Å². The molecule has 13 heavy (non-hydrogen) atoms. The van der Waals surface area contributed by atoms with Crippen molar-refractivity contribution in [2.45, 2.75) is 13.0 Å². The average Bonchev–Trinajstić information content (AvgIpc) is 2.66. The van der Waals surface area contributed by atoms with Crippen LogP contribution in [0.25, 0.3) is 5.69 Å². The third-order valence-corrected chi connectivity index (χ3v) is 3.20. The van der Waals surface area contributed by atoms with E-state index in [-0.39, 0.29) is 0 Å². The van der Waals surface area contributed by atoms with Crippen molar-refractivity contribution < 1.29 is 0 Å². The third kappa shape index (κ3) is 0.862. The normalized spacial score (nSPS) is 19.0. The molecule has 2 aromatic heterocycles. The van der Waals surface area contributed by atoms with E-state index in [4.69, 9.17) is 0 Å². The van der Waals surface area contributed by atoms with E-state index < -0.39 is 0 Å². The second kappa shape index (κ2) is 2.35. The van der Waals surface area contributed by atoms with Crippen molar-refractivity contribution in [1.82, 2.24) is 9.55 Å². The summed E-state index contributed by atoms with van der Waals surface area (Å²) in [5.74, 6) is 0. The lowest BCUT2D eigenvalue weighted by atomic mass is 10.2. The van der Waals surface area contributed by atoms with E-state index in [1.807, 2.05) is 12.5 Å². The van der Waals surface area contributed by atoms with E-state index in [9.17, 15) is 0 Å². The van der Waals surface area contributed by atoms with Crippen molar-refractivity contribution in [2.75, 3.05) is 5.32 Å². The number of hydrogen-bond acceptors (Lipinski definition) is 3. The van der Waals surface area contributed by atoms with Crippen molar-refractivity contribution in [3.8, 4) is 5.69 Å². The van der Waals surface area contributed by atoms with Crippen LogP contribution in [0.2, 0.25) is 0 Å². The van der Waals surface area contributed by atoms with Crippen molar-refractivity contribution >= 4 is 16.3 Å². The molecule has 0 unspecified atom stereocenters. The number of thiophene rings is 1. The molecule has 0 aliphatic carbocycles. The fourth-order valence-corrected chi connectivity index (χ4v) is 2.56. The molecular weight excluding hydrogens is 182 g/mol. The van der Waals surface area contributed by atoms with E-state index in [0.717, 1.165) is 0 Å². The zero-order chi connectivity index (χ0) is 8.84. The van der Waals surface area contributed by atoms with E-state index in [1.165, 1.54) is 16.4 Å². The largest absolute Gasteiger partial charge is 0.367 e. The van der Waals surface area contributed by atoms with Gasteiger partial charge in [-0.3, -0.25) is 4.57 Å². The van der Waals surface area contributed by atoms with Gasteiger partial charge in [0.05, 0.1) is 29.9 Å². The van der Waals surface area contributed by atoms with Crippen molar-refractivity contribution in [1.29, 1.82) is 0 Å². The Hall–Kier alpha value is -1.29. The zero-order valence-electron chi connectivity index (χ0n) is 7.19. The van der Waals surface area contributed by atoms with E-state index in [1.54, 1.807) is 11.3 Å². The summed E-state index contributed by atoms with van der Waals surface area (Å²) in [5.41, 5.74) is 2.45. The second-order valence-corrected chi connectivity index (χ2v) is 4.11. The number of aromatic nitrogens is 2. The fourth-order valence-electron chi connectivity index (χ4n) is 1.70. The molecule has 0 bridgehead atoms. The van der Waals surface area contributed by atoms with Gasteiger partial charge in [0.2, 0.25) is 0 Å². The highest BCUT2D eigenvalue weighted by atomic mass is 32.1. The molecule has 3 rings (SSSR count). The SMILES string of the molecule is C[C@@H]1Nc2sccc2-n2cncc21. The van der Waals surface area contributed by atoms with Gasteiger partial charge in [-0.2, -0.15) is 0 Å². The van der Waals surface area contributed by atoms with Crippen LogP contribution in [0.15, 0.2) is 24.0 Å². The summed E-state index contributed by atoms with van der Waals surface area (Å²) in [7, 11) is 0. The van der Waals surface area contributed by atoms with Gasteiger partial charge < -0.3 is 5.32 Å². The first-order valence-electron chi connectivity index (χ1n) is 4.23. The molecule has 1 N–H and O–H groups in total. The lowest BCUT2D eigenvalue weighted by Gasteiger charge is -2.22. The Morgan fingerprint density at radius 3 is 3.46 bits per heavy atom. The summed E-state index contributed by atoms with van der Waals surface area (Å²) in [5, 5.41) is 6.77. The Labute approximate surface area is 80.0 Å². The van der Waals surface area contributed by atoms with Gasteiger partial charge in [0.15, 0.2) is 0 Å². The maximum Gasteiger partial charge on any atom is 0.113 e. The van der Waals surface area contributed by atoms with Crippen molar-refractivity contribution in [3.05, 3.63) is 29.7 Å². The first kappa shape index (κ1) is 7.15. The summed E-state index contributed by atoms with van der Waals surface area (Å²) in [6.45, 7) is 2.15. The molecule has 0 saturated carbocycles. The van der Waals surface area contributed by atoms with Crippen LogP contribution in [0.1, 0.15) is 18.7 Å². The number of fused-ring (bicyclic) bond motifs is 3. The Kier molecular flexibility index (Phi) is 1.29. The predicted octanol–water partition coefficient (Wildman–Crippen LogP) is 2.42. The molecule has 1 aliphatic rings. The molecule has 4 heteroatoms. The average molecular weight is 191 g/mol. The first-order valence-corrected chi connectivity index (χ1v) is 5.11. The molecule has 0 fully saturated rings. The van der Waals surface area contributed by atoms with Crippen LogP contribution in [-0.2, 0) is 0 Å². The summed E-state index contributed by atoms with van der Waals surface area (Å²) in [6, 6.07) is 2.47. The van der Waals surface area contributed by atoms with Crippen LogP contribution < -0.4 is 5.32 Å². The zero-order valence-corrected chi connectivity index (χ0v) is 8.01. The molecule has 0 amide bonds. The Balaban J connectivity index is 2.30. The van der Waals surface area contributed by atoms with Gasteiger partial charge in [0.1, 0.15) is 5.00 Å². The smallest absolute Gasteiger partial charge is 0.113 e. The molecular formula is C9H9N3S. The number of hydrogen-bond donors (Lipinski definition) is 1. The van der Waals surface area contributed by atoms with E-state index in [2.05, 4.69) is 33.2 Å². The fraction of sp³-hybridized carbons (Fsp3) is 0.222. The summed E-state index contributed by atoms with van der Waals surface area (Å²) < 4.78 is 2.15. The van der Waals surface area contributed by atoms with Gasteiger partial charge in [-0.1, -0.05) is 0 Å². The molecule has 2 aromatic rings. The summed E-state index contributed by atoms with van der Waals surface area (Å²) in [6.07, 6.45) is 3.79. The van der Waals surface area contributed by atoms with Crippen LogP contribution in [0.5, 0.6) is 0 Å². The van der Waals surface area contributed by atoms with E-state index in [0.29, 0.717) is 6.04 Å². The van der Waals surface area contributed by atoms with Crippen LogP contribution in [0.4, 0.5) is 5.00 Å². The molecule has 3 nitrogen and oxygen atoms in total. The standard InChI is InChI=1S/C9H9N3S/c1-6-8-4-10-5-12(8)7-2-3-13-9(7)11-6/h2-6,11H,1H3/t6-/m0/s1. The molecule has 0 spiro atoms. The van der Waals surface area contributed by atoms with Gasteiger partial charge in [-0.15, -0.1) is 11.3 Å².